The van der Waals surface area contributed by atoms with E-state index in [-0.39, 0.29) is 0 Å². The van der Waals surface area contributed by atoms with E-state index in [9.17, 15) is 0 Å². The lowest BCUT2D eigenvalue weighted by atomic mass is 9.68. The molecule has 2 aliphatic carbocycles. The Labute approximate surface area is 127 Å². The molecule has 0 aromatic rings. The Morgan fingerprint density at radius 1 is 0.900 bits per heavy atom. The summed E-state index contributed by atoms with van der Waals surface area (Å²) in [6.45, 7) is 7.17. The molecule has 0 radical (unpaired) electrons. The minimum atomic E-state index is 0.497. The molecule has 2 aliphatic rings. The zero-order valence-corrected chi connectivity index (χ0v) is 14.1. The summed E-state index contributed by atoms with van der Waals surface area (Å²) in [4.78, 5) is 0. The van der Waals surface area contributed by atoms with E-state index >= 15 is 0 Å². The van der Waals surface area contributed by atoms with Crippen LogP contribution in [0, 0.1) is 29.6 Å². The van der Waals surface area contributed by atoms with Crippen LogP contribution in [-0.4, -0.2) is 6.04 Å². The molecule has 0 heterocycles. The molecule has 2 rings (SSSR count). The lowest BCUT2D eigenvalue weighted by Gasteiger charge is -2.40. The van der Waals surface area contributed by atoms with Gasteiger partial charge in [0.1, 0.15) is 0 Å². The molecule has 0 amide bonds. The predicted octanol–water partition coefficient (Wildman–Crippen LogP) is 5.38. The fraction of sp³-hybridized carbons (Fsp3) is 1.00. The first-order valence-electron chi connectivity index (χ1n) is 9.37. The Bertz CT molecular complexity index is 267. The Kier molecular flexibility index (Phi) is 6.39. The van der Waals surface area contributed by atoms with Crippen LogP contribution in [0.5, 0.6) is 0 Å². The van der Waals surface area contributed by atoms with E-state index in [4.69, 9.17) is 5.73 Å². The van der Waals surface area contributed by atoms with E-state index in [1.165, 1.54) is 64.2 Å². The molecule has 1 heteroatoms. The molecular formula is C19H37N. The van der Waals surface area contributed by atoms with Gasteiger partial charge in [0.05, 0.1) is 0 Å². The normalized spacial score (nSPS) is 40.5. The van der Waals surface area contributed by atoms with Gasteiger partial charge >= 0.3 is 0 Å². The molecule has 2 saturated carbocycles. The first kappa shape index (κ1) is 16.3. The van der Waals surface area contributed by atoms with Gasteiger partial charge in [-0.15, -0.1) is 0 Å². The van der Waals surface area contributed by atoms with Crippen LogP contribution in [0.3, 0.4) is 0 Å². The number of hydrogen-bond acceptors (Lipinski definition) is 1. The minimum Gasteiger partial charge on any atom is -0.327 e. The van der Waals surface area contributed by atoms with Gasteiger partial charge in [-0.05, 0) is 55.3 Å². The predicted molar refractivity (Wildman–Crippen MR) is 88.6 cm³/mol. The molecule has 2 N–H and O–H groups in total. The van der Waals surface area contributed by atoms with Crippen LogP contribution in [0.25, 0.3) is 0 Å². The third-order valence-electron chi connectivity index (χ3n) is 6.58. The van der Waals surface area contributed by atoms with Crippen molar-refractivity contribution in [3.8, 4) is 0 Å². The molecule has 1 nitrogen and oxygen atoms in total. The summed E-state index contributed by atoms with van der Waals surface area (Å²) < 4.78 is 0. The highest BCUT2D eigenvalue weighted by Gasteiger charge is 2.34. The summed E-state index contributed by atoms with van der Waals surface area (Å²) in [7, 11) is 0. The summed E-state index contributed by atoms with van der Waals surface area (Å²) in [5.41, 5.74) is 6.68. The van der Waals surface area contributed by atoms with Crippen molar-refractivity contribution in [1.82, 2.24) is 0 Å². The largest absolute Gasteiger partial charge is 0.327 e. The van der Waals surface area contributed by atoms with E-state index in [0.29, 0.717) is 6.04 Å². The zero-order chi connectivity index (χ0) is 14.5. The Hall–Kier alpha value is -0.0400. The number of nitrogens with two attached hydrogens (primary N) is 1. The van der Waals surface area contributed by atoms with Crippen molar-refractivity contribution in [3.05, 3.63) is 0 Å². The number of unbranched alkanes of at least 4 members (excludes halogenated alkanes) is 1. The van der Waals surface area contributed by atoms with Gasteiger partial charge in [0, 0.05) is 6.04 Å². The summed E-state index contributed by atoms with van der Waals surface area (Å²) >= 11 is 0. The van der Waals surface area contributed by atoms with Gasteiger partial charge < -0.3 is 5.73 Å². The molecule has 0 aromatic carbocycles. The highest BCUT2D eigenvalue weighted by molar-refractivity contribution is 4.88. The molecule has 0 aromatic heterocycles. The van der Waals surface area contributed by atoms with Gasteiger partial charge in [0.25, 0.3) is 0 Å². The van der Waals surface area contributed by atoms with Crippen molar-refractivity contribution in [1.29, 1.82) is 0 Å². The average Bonchev–Trinajstić information content (AvgIpc) is 2.48. The van der Waals surface area contributed by atoms with Crippen LogP contribution in [0.1, 0.15) is 85.0 Å². The monoisotopic (exact) mass is 279 g/mol. The van der Waals surface area contributed by atoms with Crippen molar-refractivity contribution < 1.29 is 0 Å². The van der Waals surface area contributed by atoms with Crippen LogP contribution in [-0.2, 0) is 0 Å². The first-order chi connectivity index (χ1) is 9.61. The fourth-order valence-electron chi connectivity index (χ4n) is 4.68. The molecule has 0 spiro atoms. The molecule has 0 bridgehead atoms. The second-order valence-corrected chi connectivity index (χ2v) is 8.03. The smallest absolute Gasteiger partial charge is 0.00957 e. The van der Waals surface area contributed by atoms with Crippen LogP contribution in [0.15, 0.2) is 0 Å². The van der Waals surface area contributed by atoms with Gasteiger partial charge in [0.2, 0.25) is 0 Å². The topological polar surface area (TPSA) is 26.0 Å². The average molecular weight is 280 g/mol. The van der Waals surface area contributed by atoms with Gasteiger partial charge in [-0.3, -0.25) is 0 Å². The molecular weight excluding hydrogens is 242 g/mol. The zero-order valence-electron chi connectivity index (χ0n) is 14.1. The van der Waals surface area contributed by atoms with E-state index in [1.807, 2.05) is 0 Å². The number of rotatable bonds is 5. The first-order valence-corrected chi connectivity index (χ1v) is 9.37. The maximum Gasteiger partial charge on any atom is 0.00957 e. The molecule has 0 saturated heterocycles. The van der Waals surface area contributed by atoms with Gasteiger partial charge in [0.15, 0.2) is 0 Å². The van der Waals surface area contributed by atoms with Crippen molar-refractivity contribution in [3.63, 3.8) is 0 Å². The standard InChI is InChI=1S/C19H37N/c1-4-5-6-16-8-11-17(12-9-16)19(20)18-10-7-14(2)15(3)13-18/h14-19H,4-13,20H2,1-3H3. The van der Waals surface area contributed by atoms with E-state index in [0.717, 1.165) is 29.6 Å². The third-order valence-corrected chi connectivity index (χ3v) is 6.58. The van der Waals surface area contributed by atoms with Crippen molar-refractivity contribution in [2.75, 3.05) is 0 Å². The third kappa shape index (κ3) is 4.23. The molecule has 0 aliphatic heterocycles. The molecule has 4 atom stereocenters. The molecule has 20 heavy (non-hydrogen) atoms. The van der Waals surface area contributed by atoms with Gasteiger partial charge in [-0.1, -0.05) is 59.3 Å². The lowest BCUT2D eigenvalue weighted by Crippen LogP contribution is -2.42. The second-order valence-electron chi connectivity index (χ2n) is 8.03. The highest BCUT2D eigenvalue weighted by atomic mass is 14.7. The quantitative estimate of drug-likeness (QED) is 0.718. The van der Waals surface area contributed by atoms with Crippen molar-refractivity contribution >= 4 is 0 Å². The molecule has 4 unspecified atom stereocenters. The Balaban J connectivity index is 1.75. The van der Waals surface area contributed by atoms with E-state index < -0.39 is 0 Å². The maximum atomic E-state index is 6.68. The summed E-state index contributed by atoms with van der Waals surface area (Å²) in [6, 6.07) is 0.497. The molecule has 2 fully saturated rings. The molecule has 118 valence electrons. The van der Waals surface area contributed by atoms with Gasteiger partial charge in [-0.2, -0.15) is 0 Å². The summed E-state index contributed by atoms with van der Waals surface area (Å²) in [5.74, 6) is 4.48. The van der Waals surface area contributed by atoms with Gasteiger partial charge in [-0.25, -0.2) is 0 Å². The van der Waals surface area contributed by atoms with Crippen molar-refractivity contribution in [2.45, 2.75) is 91.0 Å². The summed E-state index contributed by atoms with van der Waals surface area (Å²) in [6.07, 6.45) is 14.2. The summed E-state index contributed by atoms with van der Waals surface area (Å²) in [5, 5.41) is 0. The Morgan fingerprint density at radius 2 is 1.55 bits per heavy atom. The Morgan fingerprint density at radius 3 is 2.15 bits per heavy atom. The van der Waals surface area contributed by atoms with E-state index in [2.05, 4.69) is 20.8 Å². The SMILES string of the molecule is CCCCC1CCC(C(N)C2CCC(C)C(C)C2)CC1. The minimum absolute atomic E-state index is 0.497. The van der Waals surface area contributed by atoms with Crippen LogP contribution >= 0.6 is 0 Å². The second kappa shape index (κ2) is 7.82. The highest BCUT2D eigenvalue weighted by Crippen LogP contribution is 2.40. The number of hydrogen-bond donors (Lipinski definition) is 1. The fourth-order valence-corrected chi connectivity index (χ4v) is 4.68. The lowest BCUT2D eigenvalue weighted by molar-refractivity contribution is 0.133. The van der Waals surface area contributed by atoms with Crippen LogP contribution < -0.4 is 5.73 Å². The van der Waals surface area contributed by atoms with Crippen LogP contribution in [0.2, 0.25) is 0 Å². The van der Waals surface area contributed by atoms with Crippen LogP contribution in [0.4, 0.5) is 0 Å². The van der Waals surface area contributed by atoms with E-state index in [1.54, 1.807) is 0 Å². The maximum absolute atomic E-state index is 6.68. The van der Waals surface area contributed by atoms with Crippen molar-refractivity contribution in [2.24, 2.45) is 35.3 Å².